The van der Waals surface area contributed by atoms with Gasteiger partial charge in [-0.2, -0.15) is 0 Å². The highest BCUT2D eigenvalue weighted by Crippen LogP contribution is 2.30. The number of hydrogen-bond donors (Lipinski definition) is 1. The van der Waals surface area contributed by atoms with Crippen molar-refractivity contribution >= 4 is 32.6 Å². The number of aromatic nitrogens is 3. The molecular formula is C27H19N3O. The Labute approximate surface area is 178 Å². The highest BCUT2D eigenvalue weighted by molar-refractivity contribution is 5.95. The summed E-state index contributed by atoms with van der Waals surface area (Å²) in [5.41, 5.74) is 3.88. The number of para-hydroxylation sites is 2. The van der Waals surface area contributed by atoms with E-state index in [1.807, 2.05) is 30.3 Å². The second-order valence-electron chi connectivity index (χ2n) is 7.76. The third-order valence-electron chi connectivity index (χ3n) is 5.88. The molecule has 0 saturated heterocycles. The Morgan fingerprint density at radius 3 is 2.35 bits per heavy atom. The third-order valence-corrected chi connectivity index (χ3v) is 5.88. The van der Waals surface area contributed by atoms with Gasteiger partial charge < -0.3 is 9.55 Å². The lowest BCUT2D eigenvalue weighted by Crippen LogP contribution is -2.09. The molecule has 1 N–H and O–H groups in total. The van der Waals surface area contributed by atoms with Gasteiger partial charge in [-0.05, 0) is 34.5 Å². The molecule has 0 fully saturated rings. The summed E-state index contributed by atoms with van der Waals surface area (Å²) in [6.07, 6.45) is 2.10. The average molecular weight is 401 g/mol. The molecule has 0 radical (unpaired) electrons. The van der Waals surface area contributed by atoms with Crippen LogP contribution in [0.1, 0.15) is 5.56 Å². The molecule has 6 aromatic rings. The first-order valence-electron chi connectivity index (χ1n) is 10.3. The molecule has 2 aromatic heterocycles. The smallest absolute Gasteiger partial charge is 0.259 e. The SMILES string of the molecule is O=c1[nH]c(-c2cn(Cc3cccc4ccccc34)c3ccccc23)nc2ccccc12. The molecule has 0 unspecified atom stereocenters. The van der Waals surface area contributed by atoms with Gasteiger partial charge >= 0.3 is 0 Å². The van der Waals surface area contributed by atoms with Gasteiger partial charge in [0.25, 0.3) is 5.56 Å². The van der Waals surface area contributed by atoms with Gasteiger partial charge in [-0.1, -0.05) is 72.8 Å². The quantitative estimate of drug-likeness (QED) is 0.411. The first-order valence-corrected chi connectivity index (χ1v) is 10.3. The monoisotopic (exact) mass is 401 g/mol. The van der Waals surface area contributed by atoms with Crippen molar-refractivity contribution in [2.45, 2.75) is 6.54 Å². The fourth-order valence-electron chi connectivity index (χ4n) is 4.39. The second-order valence-corrected chi connectivity index (χ2v) is 7.76. The average Bonchev–Trinajstić information content (AvgIpc) is 3.18. The number of hydrogen-bond acceptors (Lipinski definition) is 2. The van der Waals surface area contributed by atoms with E-state index in [1.165, 1.54) is 16.3 Å². The molecule has 0 spiro atoms. The van der Waals surface area contributed by atoms with Gasteiger partial charge in [0.1, 0.15) is 5.82 Å². The third kappa shape index (κ3) is 2.92. The van der Waals surface area contributed by atoms with Gasteiger partial charge in [-0.15, -0.1) is 0 Å². The van der Waals surface area contributed by atoms with Crippen molar-refractivity contribution in [3.63, 3.8) is 0 Å². The van der Waals surface area contributed by atoms with E-state index < -0.39 is 0 Å². The van der Waals surface area contributed by atoms with E-state index in [-0.39, 0.29) is 5.56 Å². The number of rotatable bonds is 3. The first kappa shape index (κ1) is 17.7. The normalized spacial score (nSPS) is 11.5. The lowest BCUT2D eigenvalue weighted by atomic mass is 10.0. The minimum absolute atomic E-state index is 0.119. The summed E-state index contributed by atoms with van der Waals surface area (Å²) in [5.74, 6) is 0.594. The molecule has 6 rings (SSSR count). The number of nitrogens with one attached hydrogen (secondary N) is 1. The maximum atomic E-state index is 12.7. The Balaban J connectivity index is 1.55. The number of benzene rings is 4. The van der Waals surface area contributed by atoms with Crippen LogP contribution in [0.15, 0.2) is 102 Å². The summed E-state index contributed by atoms with van der Waals surface area (Å²) in [5, 5.41) is 4.16. The zero-order valence-electron chi connectivity index (χ0n) is 16.7. The molecule has 0 aliphatic rings. The summed E-state index contributed by atoms with van der Waals surface area (Å²) in [6.45, 7) is 0.736. The molecule has 4 nitrogen and oxygen atoms in total. The molecule has 4 heteroatoms. The molecule has 0 aliphatic carbocycles. The Kier molecular flexibility index (Phi) is 3.96. The van der Waals surface area contributed by atoms with Crippen LogP contribution in [0.5, 0.6) is 0 Å². The van der Waals surface area contributed by atoms with Crippen LogP contribution >= 0.6 is 0 Å². The van der Waals surface area contributed by atoms with Gasteiger partial charge in [-0.3, -0.25) is 4.79 Å². The summed E-state index contributed by atoms with van der Waals surface area (Å²) in [6, 6.07) is 30.6. The summed E-state index contributed by atoms with van der Waals surface area (Å²) >= 11 is 0. The first-order chi connectivity index (χ1) is 15.3. The van der Waals surface area contributed by atoms with E-state index in [1.54, 1.807) is 6.07 Å². The minimum atomic E-state index is -0.119. The molecule has 0 aliphatic heterocycles. The molecule has 148 valence electrons. The van der Waals surface area contributed by atoms with Crippen LogP contribution in [0, 0.1) is 0 Å². The van der Waals surface area contributed by atoms with Crippen molar-refractivity contribution in [1.29, 1.82) is 0 Å². The Hall–Kier alpha value is -4.18. The van der Waals surface area contributed by atoms with E-state index in [9.17, 15) is 4.79 Å². The van der Waals surface area contributed by atoms with E-state index in [0.29, 0.717) is 16.7 Å². The van der Waals surface area contributed by atoms with Crippen LogP contribution in [-0.2, 0) is 6.54 Å². The molecule has 0 saturated carbocycles. The van der Waals surface area contributed by atoms with Crippen LogP contribution in [0.2, 0.25) is 0 Å². The molecule has 31 heavy (non-hydrogen) atoms. The van der Waals surface area contributed by atoms with E-state index in [0.717, 1.165) is 23.0 Å². The molecule has 0 atom stereocenters. The predicted octanol–water partition coefficient (Wildman–Crippen LogP) is 5.75. The summed E-state index contributed by atoms with van der Waals surface area (Å²) in [4.78, 5) is 20.4. The van der Waals surface area contributed by atoms with Crippen molar-refractivity contribution < 1.29 is 0 Å². The number of aromatic amines is 1. The lowest BCUT2D eigenvalue weighted by Gasteiger charge is -2.09. The van der Waals surface area contributed by atoms with Crippen LogP contribution in [0.25, 0.3) is 44.0 Å². The highest BCUT2D eigenvalue weighted by Gasteiger charge is 2.14. The van der Waals surface area contributed by atoms with Gasteiger partial charge in [-0.25, -0.2) is 4.98 Å². The van der Waals surface area contributed by atoms with Crippen molar-refractivity contribution in [1.82, 2.24) is 14.5 Å². The number of H-pyrrole nitrogens is 1. The topological polar surface area (TPSA) is 50.7 Å². The van der Waals surface area contributed by atoms with Crippen molar-refractivity contribution in [2.75, 3.05) is 0 Å². The molecular weight excluding hydrogens is 382 g/mol. The Bertz CT molecular complexity index is 1640. The van der Waals surface area contributed by atoms with Gasteiger partial charge in [0.15, 0.2) is 0 Å². The molecule has 0 bridgehead atoms. The van der Waals surface area contributed by atoms with Gasteiger partial charge in [0.2, 0.25) is 0 Å². The largest absolute Gasteiger partial charge is 0.342 e. The van der Waals surface area contributed by atoms with Crippen molar-refractivity contribution in [2.24, 2.45) is 0 Å². The van der Waals surface area contributed by atoms with Gasteiger partial charge in [0, 0.05) is 29.2 Å². The predicted molar refractivity (Wildman–Crippen MR) is 126 cm³/mol. The zero-order chi connectivity index (χ0) is 20.8. The molecule has 2 heterocycles. The standard InChI is InChI=1S/C27H19N3O/c31-27-22-13-3-5-14-24(22)28-26(29-27)23-17-30(25-15-6-4-12-21(23)25)16-19-10-7-9-18-8-1-2-11-20(18)19/h1-15,17H,16H2,(H,28,29,31). The maximum absolute atomic E-state index is 12.7. The van der Waals surface area contributed by atoms with E-state index in [2.05, 4.69) is 70.3 Å². The van der Waals surface area contributed by atoms with E-state index in [4.69, 9.17) is 4.98 Å². The van der Waals surface area contributed by atoms with Crippen molar-refractivity contribution in [3.05, 3.63) is 113 Å². The van der Waals surface area contributed by atoms with Crippen LogP contribution < -0.4 is 5.56 Å². The van der Waals surface area contributed by atoms with Crippen LogP contribution in [-0.4, -0.2) is 14.5 Å². The second kappa shape index (κ2) is 6.96. The fourth-order valence-corrected chi connectivity index (χ4v) is 4.39. The van der Waals surface area contributed by atoms with Crippen LogP contribution in [0.3, 0.4) is 0 Å². The Morgan fingerprint density at radius 2 is 1.45 bits per heavy atom. The summed E-state index contributed by atoms with van der Waals surface area (Å²) < 4.78 is 2.24. The van der Waals surface area contributed by atoms with Crippen molar-refractivity contribution in [3.8, 4) is 11.4 Å². The minimum Gasteiger partial charge on any atom is -0.342 e. The number of fused-ring (bicyclic) bond motifs is 3. The molecule has 0 amide bonds. The maximum Gasteiger partial charge on any atom is 0.259 e. The molecule has 4 aromatic carbocycles. The lowest BCUT2D eigenvalue weighted by molar-refractivity contribution is 0.843. The van der Waals surface area contributed by atoms with Gasteiger partial charge in [0.05, 0.1) is 10.9 Å². The zero-order valence-corrected chi connectivity index (χ0v) is 16.7. The van der Waals surface area contributed by atoms with E-state index >= 15 is 0 Å². The highest BCUT2D eigenvalue weighted by atomic mass is 16.1. The fraction of sp³-hybridized carbons (Fsp3) is 0.0370. The summed E-state index contributed by atoms with van der Waals surface area (Å²) in [7, 11) is 0. The van der Waals surface area contributed by atoms with Crippen LogP contribution in [0.4, 0.5) is 0 Å². The Morgan fingerprint density at radius 1 is 0.742 bits per heavy atom. The number of nitrogens with zero attached hydrogens (tertiary/aromatic N) is 2.